The third kappa shape index (κ3) is 5.93. The lowest BCUT2D eigenvalue weighted by Gasteiger charge is -2.27. The van der Waals surface area contributed by atoms with E-state index in [1.54, 1.807) is 12.1 Å². The van der Waals surface area contributed by atoms with E-state index in [0.717, 1.165) is 11.1 Å². The van der Waals surface area contributed by atoms with E-state index in [1.165, 1.54) is 10.5 Å². The molecule has 11 heteroatoms. The van der Waals surface area contributed by atoms with Gasteiger partial charge in [-0.25, -0.2) is 22.7 Å². The molecule has 194 valence electrons. The third-order valence-corrected chi connectivity index (χ3v) is 8.45. The molecule has 1 fully saturated rings. The van der Waals surface area contributed by atoms with Gasteiger partial charge in [-0.05, 0) is 47.9 Å². The average molecular weight is 561 g/mol. The lowest BCUT2D eigenvalue weighted by molar-refractivity contribution is 0.301. The number of rotatable bonds is 9. The van der Waals surface area contributed by atoms with E-state index in [2.05, 4.69) is 16.0 Å². The summed E-state index contributed by atoms with van der Waals surface area (Å²) in [7, 11) is -3.35. The maximum absolute atomic E-state index is 12.2. The molecule has 0 radical (unpaired) electrons. The first-order valence-electron chi connectivity index (χ1n) is 11.6. The van der Waals surface area contributed by atoms with Gasteiger partial charge in [-0.3, -0.25) is 0 Å². The number of halogens is 2. The maximum Gasteiger partial charge on any atom is 0.239 e. The van der Waals surface area contributed by atoms with Gasteiger partial charge in [0.2, 0.25) is 16.0 Å². The summed E-state index contributed by atoms with van der Waals surface area (Å²) in [5, 5.41) is 9.98. The molecular weight excluding hydrogens is 535 g/mol. The molecular formula is C26H26Cl2N4O4S. The van der Waals surface area contributed by atoms with Gasteiger partial charge in [0.05, 0.1) is 27.9 Å². The molecule has 1 aromatic heterocycles. The van der Waals surface area contributed by atoms with Gasteiger partial charge in [0.15, 0.2) is 5.75 Å². The van der Waals surface area contributed by atoms with Crippen LogP contribution in [-0.2, 0) is 22.0 Å². The van der Waals surface area contributed by atoms with E-state index in [1.807, 2.05) is 44.2 Å². The van der Waals surface area contributed by atoms with Crippen molar-refractivity contribution in [3.05, 3.63) is 76.1 Å². The predicted octanol–water partition coefficient (Wildman–Crippen LogP) is 5.06. The zero-order valence-corrected chi connectivity index (χ0v) is 22.8. The van der Waals surface area contributed by atoms with E-state index in [-0.39, 0.29) is 24.9 Å². The molecule has 0 unspecified atom stereocenters. The summed E-state index contributed by atoms with van der Waals surface area (Å²) in [5.41, 5.74) is 2.34. The summed E-state index contributed by atoms with van der Waals surface area (Å²) in [6.07, 6.45) is 2.10. The lowest BCUT2D eigenvalue weighted by atomic mass is 9.77. The van der Waals surface area contributed by atoms with Crippen molar-refractivity contribution in [3.63, 3.8) is 0 Å². The van der Waals surface area contributed by atoms with Gasteiger partial charge in [0.1, 0.15) is 25.0 Å². The number of aromatic nitrogens is 2. The average Bonchev–Trinajstić information content (AvgIpc) is 3.25. The molecule has 4 rings (SSSR count). The molecule has 0 amide bonds. The summed E-state index contributed by atoms with van der Waals surface area (Å²) in [6, 6.07) is 15.1. The van der Waals surface area contributed by atoms with E-state index in [0.29, 0.717) is 46.6 Å². The molecule has 0 atom stereocenters. The van der Waals surface area contributed by atoms with Crippen LogP contribution in [0.3, 0.4) is 0 Å². The van der Waals surface area contributed by atoms with Crippen molar-refractivity contribution in [1.82, 2.24) is 9.97 Å². The number of nitriles is 1. The molecule has 0 N–H and O–H groups in total. The zero-order chi connectivity index (χ0) is 26.6. The van der Waals surface area contributed by atoms with Gasteiger partial charge >= 0.3 is 0 Å². The monoisotopic (exact) mass is 560 g/mol. The molecule has 1 aliphatic heterocycles. The fourth-order valence-corrected chi connectivity index (χ4v) is 5.88. The summed E-state index contributed by atoms with van der Waals surface area (Å²) < 4.78 is 37.0. The molecule has 0 spiro atoms. The number of anilines is 1. The predicted molar refractivity (Wildman–Crippen MR) is 143 cm³/mol. The van der Waals surface area contributed by atoms with E-state index >= 15 is 0 Å². The Balaban J connectivity index is 1.48. The Labute approximate surface area is 226 Å². The van der Waals surface area contributed by atoms with Crippen molar-refractivity contribution in [2.24, 2.45) is 0 Å². The third-order valence-electron chi connectivity index (χ3n) is 6.19. The van der Waals surface area contributed by atoms with Crippen molar-refractivity contribution < 1.29 is 17.9 Å². The highest BCUT2D eigenvalue weighted by Crippen LogP contribution is 2.38. The number of hydrogen-bond donors (Lipinski definition) is 0. The van der Waals surface area contributed by atoms with E-state index < -0.39 is 15.4 Å². The lowest BCUT2D eigenvalue weighted by Crippen LogP contribution is -2.27. The molecule has 2 heterocycles. The minimum Gasteiger partial charge on any atom is -0.489 e. The fraction of sp³-hybridized carbons (Fsp3) is 0.346. The number of ether oxygens (including phenoxy) is 2. The van der Waals surface area contributed by atoms with Gasteiger partial charge in [-0.1, -0.05) is 37.6 Å². The molecule has 0 bridgehead atoms. The Morgan fingerprint density at radius 1 is 1.14 bits per heavy atom. The highest BCUT2D eigenvalue weighted by molar-refractivity contribution is 7.93. The highest BCUT2D eigenvalue weighted by Gasteiger charge is 2.30. The van der Waals surface area contributed by atoms with Crippen molar-refractivity contribution >= 4 is 39.2 Å². The fourth-order valence-electron chi connectivity index (χ4n) is 4.07. The number of benzene rings is 2. The molecule has 0 saturated carbocycles. The van der Waals surface area contributed by atoms with Crippen LogP contribution in [-0.4, -0.2) is 43.2 Å². The minimum atomic E-state index is -3.35. The summed E-state index contributed by atoms with van der Waals surface area (Å²) in [4.78, 5) is 8.48. The topological polar surface area (TPSA) is 105 Å². The van der Waals surface area contributed by atoms with Crippen LogP contribution in [0.25, 0.3) is 0 Å². The zero-order valence-electron chi connectivity index (χ0n) is 20.4. The Morgan fingerprint density at radius 3 is 2.54 bits per heavy atom. The SMILES string of the molecule is CC(C)(c1ccc(OCc2ccnc(N3CCCS3(=O)=O)n2)cc1)c1cc(Cl)c(OCCCl)c(C#N)c1. The van der Waals surface area contributed by atoms with Crippen molar-refractivity contribution in [2.45, 2.75) is 32.3 Å². The minimum absolute atomic E-state index is 0.107. The Hall–Kier alpha value is -3.06. The van der Waals surface area contributed by atoms with Crippen LogP contribution in [0.2, 0.25) is 5.02 Å². The Bertz CT molecular complexity index is 1420. The second-order valence-corrected chi connectivity index (χ2v) is 11.8. The van der Waals surface area contributed by atoms with E-state index in [9.17, 15) is 13.7 Å². The van der Waals surface area contributed by atoms with Crippen molar-refractivity contribution in [2.75, 3.05) is 29.1 Å². The van der Waals surface area contributed by atoms with Crippen LogP contribution in [0.4, 0.5) is 5.95 Å². The second-order valence-electron chi connectivity index (χ2n) is 9.01. The van der Waals surface area contributed by atoms with Gasteiger partial charge in [0, 0.05) is 18.2 Å². The molecule has 37 heavy (non-hydrogen) atoms. The normalized spacial score (nSPS) is 14.8. The number of hydrogen-bond acceptors (Lipinski definition) is 7. The van der Waals surface area contributed by atoms with Crippen LogP contribution < -0.4 is 13.8 Å². The van der Waals surface area contributed by atoms with Crippen molar-refractivity contribution in [1.29, 1.82) is 5.26 Å². The Morgan fingerprint density at radius 2 is 1.89 bits per heavy atom. The van der Waals surface area contributed by atoms with Gasteiger partial charge in [-0.15, -0.1) is 11.6 Å². The Kier molecular flexibility index (Phi) is 8.12. The first kappa shape index (κ1) is 27.0. The molecule has 3 aromatic rings. The van der Waals surface area contributed by atoms with Crippen LogP contribution >= 0.6 is 23.2 Å². The number of sulfonamides is 1. The van der Waals surface area contributed by atoms with Crippen LogP contribution in [0.1, 0.15) is 42.7 Å². The van der Waals surface area contributed by atoms with E-state index in [4.69, 9.17) is 32.7 Å². The van der Waals surface area contributed by atoms with Crippen LogP contribution in [0, 0.1) is 11.3 Å². The first-order valence-corrected chi connectivity index (χ1v) is 14.2. The van der Waals surface area contributed by atoms with Crippen molar-refractivity contribution in [3.8, 4) is 17.6 Å². The quantitative estimate of drug-likeness (QED) is 0.336. The maximum atomic E-state index is 12.2. The molecule has 1 aliphatic rings. The largest absolute Gasteiger partial charge is 0.489 e. The second kappa shape index (κ2) is 11.1. The first-order chi connectivity index (χ1) is 17.7. The number of alkyl halides is 1. The molecule has 2 aromatic carbocycles. The summed E-state index contributed by atoms with van der Waals surface area (Å²) >= 11 is 12.2. The van der Waals surface area contributed by atoms with Crippen LogP contribution in [0.15, 0.2) is 48.7 Å². The van der Waals surface area contributed by atoms with Gasteiger partial charge in [0.25, 0.3) is 0 Å². The highest BCUT2D eigenvalue weighted by atomic mass is 35.5. The standard InChI is InChI=1S/C26H26Cl2N4O4S/c1-26(2,20-14-18(16-29)24(23(28)15-20)35-12-9-27)19-4-6-22(7-5-19)36-17-21-8-10-30-25(31-21)32-11-3-13-37(32,33)34/h4-8,10,14-15H,3,9,11-13,17H2,1-2H3. The molecule has 8 nitrogen and oxygen atoms in total. The molecule has 1 saturated heterocycles. The number of nitrogens with zero attached hydrogens (tertiary/aromatic N) is 4. The van der Waals surface area contributed by atoms with Gasteiger partial charge < -0.3 is 9.47 Å². The summed E-state index contributed by atoms with van der Waals surface area (Å²) in [6.45, 7) is 4.90. The summed E-state index contributed by atoms with van der Waals surface area (Å²) in [5.74, 6) is 1.54. The van der Waals surface area contributed by atoms with Crippen LogP contribution in [0.5, 0.6) is 11.5 Å². The molecule has 0 aliphatic carbocycles. The smallest absolute Gasteiger partial charge is 0.239 e. The van der Waals surface area contributed by atoms with Gasteiger partial charge in [-0.2, -0.15) is 5.26 Å².